The van der Waals surface area contributed by atoms with E-state index in [9.17, 15) is 4.79 Å². The van der Waals surface area contributed by atoms with E-state index in [4.69, 9.17) is 4.74 Å². The molecule has 0 heterocycles. The molecule has 0 atom stereocenters. The van der Waals surface area contributed by atoms with Crippen LogP contribution < -0.4 is 15.4 Å². The fourth-order valence-electron chi connectivity index (χ4n) is 1.94. The Bertz CT molecular complexity index is 594. The molecule has 0 aromatic heterocycles. The second-order valence-corrected chi connectivity index (χ2v) is 4.73. The molecular weight excluding hydrogens is 264 g/mol. The van der Waals surface area contributed by atoms with Crippen molar-refractivity contribution in [2.24, 2.45) is 0 Å². The zero-order valence-corrected chi connectivity index (χ0v) is 12.3. The van der Waals surface area contributed by atoms with Crippen LogP contribution in [0.3, 0.4) is 0 Å². The molecule has 4 heteroatoms. The lowest BCUT2D eigenvalue weighted by molar-refractivity contribution is -0.114. The highest BCUT2D eigenvalue weighted by Crippen LogP contribution is 2.15. The van der Waals surface area contributed by atoms with Gasteiger partial charge in [-0.2, -0.15) is 0 Å². The first-order chi connectivity index (χ1) is 10.2. The topological polar surface area (TPSA) is 50.4 Å². The van der Waals surface area contributed by atoms with Crippen molar-refractivity contribution in [1.82, 2.24) is 0 Å². The SMILES string of the molecule is CCOc1ccc(NC(=O)CNc2cccc(C)c2)cc1. The van der Waals surface area contributed by atoms with E-state index in [0.717, 1.165) is 22.7 Å². The maximum absolute atomic E-state index is 11.9. The van der Waals surface area contributed by atoms with Crippen LogP contribution in [-0.4, -0.2) is 19.1 Å². The van der Waals surface area contributed by atoms with Gasteiger partial charge in [0, 0.05) is 11.4 Å². The van der Waals surface area contributed by atoms with E-state index in [1.165, 1.54) is 0 Å². The smallest absolute Gasteiger partial charge is 0.243 e. The van der Waals surface area contributed by atoms with Gasteiger partial charge in [-0.25, -0.2) is 0 Å². The van der Waals surface area contributed by atoms with Gasteiger partial charge in [0.25, 0.3) is 0 Å². The van der Waals surface area contributed by atoms with Gasteiger partial charge in [0.05, 0.1) is 13.2 Å². The molecule has 2 rings (SSSR count). The number of carbonyl (C=O) groups is 1. The zero-order chi connectivity index (χ0) is 15.1. The van der Waals surface area contributed by atoms with E-state index in [0.29, 0.717) is 6.61 Å². The number of hydrogen-bond donors (Lipinski definition) is 2. The molecular formula is C17H20N2O2. The number of nitrogens with one attached hydrogen (secondary N) is 2. The van der Waals surface area contributed by atoms with Crippen molar-refractivity contribution in [2.75, 3.05) is 23.8 Å². The van der Waals surface area contributed by atoms with Gasteiger partial charge in [-0.15, -0.1) is 0 Å². The Hall–Kier alpha value is -2.49. The third-order valence-corrected chi connectivity index (χ3v) is 2.92. The fraction of sp³-hybridized carbons (Fsp3) is 0.235. The molecule has 0 radical (unpaired) electrons. The standard InChI is InChI=1S/C17H20N2O2/c1-3-21-16-9-7-14(8-10-16)19-17(20)12-18-15-6-4-5-13(2)11-15/h4-11,18H,3,12H2,1-2H3,(H,19,20). The van der Waals surface area contributed by atoms with Crippen LogP contribution in [0, 0.1) is 6.92 Å². The Labute approximate surface area is 125 Å². The Kier molecular flexibility index (Phi) is 5.21. The van der Waals surface area contributed by atoms with Crippen LogP contribution >= 0.6 is 0 Å². The minimum Gasteiger partial charge on any atom is -0.494 e. The van der Waals surface area contributed by atoms with Crippen molar-refractivity contribution in [3.8, 4) is 5.75 Å². The van der Waals surface area contributed by atoms with Gasteiger partial charge >= 0.3 is 0 Å². The molecule has 0 bridgehead atoms. The summed E-state index contributed by atoms with van der Waals surface area (Å²) in [5, 5.41) is 5.94. The lowest BCUT2D eigenvalue weighted by atomic mass is 10.2. The first-order valence-electron chi connectivity index (χ1n) is 7.00. The van der Waals surface area contributed by atoms with E-state index in [1.54, 1.807) is 0 Å². The van der Waals surface area contributed by atoms with Gasteiger partial charge in [0.2, 0.25) is 5.91 Å². The van der Waals surface area contributed by atoms with E-state index in [-0.39, 0.29) is 12.5 Å². The second-order valence-electron chi connectivity index (χ2n) is 4.73. The highest BCUT2D eigenvalue weighted by molar-refractivity contribution is 5.93. The van der Waals surface area contributed by atoms with Gasteiger partial charge in [-0.1, -0.05) is 12.1 Å². The Morgan fingerprint density at radius 1 is 1.10 bits per heavy atom. The Morgan fingerprint density at radius 3 is 2.52 bits per heavy atom. The van der Waals surface area contributed by atoms with Crippen molar-refractivity contribution in [3.05, 3.63) is 54.1 Å². The summed E-state index contributed by atoms with van der Waals surface area (Å²) >= 11 is 0. The van der Waals surface area contributed by atoms with Crippen LogP contribution in [0.5, 0.6) is 5.75 Å². The third-order valence-electron chi connectivity index (χ3n) is 2.92. The van der Waals surface area contributed by atoms with E-state index in [2.05, 4.69) is 10.6 Å². The molecule has 0 saturated carbocycles. The lowest BCUT2D eigenvalue weighted by Crippen LogP contribution is -2.21. The van der Waals surface area contributed by atoms with Crippen LogP contribution in [0.2, 0.25) is 0 Å². The molecule has 0 spiro atoms. The van der Waals surface area contributed by atoms with E-state index in [1.807, 2.05) is 62.4 Å². The number of rotatable bonds is 6. The average molecular weight is 284 g/mol. The number of ether oxygens (including phenoxy) is 1. The van der Waals surface area contributed by atoms with Gasteiger partial charge in [0.15, 0.2) is 0 Å². The summed E-state index contributed by atoms with van der Waals surface area (Å²) in [5.41, 5.74) is 2.86. The summed E-state index contributed by atoms with van der Waals surface area (Å²) in [6, 6.07) is 15.3. The molecule has 0 aliphatic carbocycles. The highest BCUT2D eigenvalue weighted by atomic mass is 16.5. The first kappa shape index (κ1) is 14.9. The van der Waals surface area contributed by atoms with E-state index >= 15 is 0 Å². The van der Waals surface area contributed by atoms with Gasteiger partial charge < -0.3 is 15.4 Å². The fourth-order valence-corrected chi connectivity index (χ4v) is 1.94. The second kappa shape index (κ2) is 7.33. The van der Waals surface area contributed by atoms with Crippen molar-refractivity contribution in [1.29, 1.82) is 0 Å². The van der Waals surface area contributed by atoms with Crippen LogP contribution in [0.4, 0.5) is 11.4 Å². The Morgan fingerprint density at radius 2 is 1.86 bits per heavy atom. The number of carbonyl (C=O) groups excluding carboxylic acids is 1. The van der Waals surface area contributed by atoms with Gasteiger partial charge in [-0.05, 0) is 55.8 Å². The van der Waals surface area contributed by atoms with Crippen LogP contribution in [0.15, 0.2) is 48.5 Å². The van der Waals surface area contributed by atoms with Crippen LogP contribution in [0.25, 0.3) is 0 Å². The monoisotopic (exact) mass is 284 g/mol. The average Bonchev–Trinajstić information content (AvgIpc) is 2.48. The predicted molar refractivity (Wildman–Crippen MR) is 85.9 cm³/mol. The predicted octanol–water partition coefficient (Wildman–Crippen LogP) is 3.44. The quantitative estimate of drug-likeness (QED) is 0.854. The van der Waals surface area contributed by atoms with Crippen molar-refractivity contribution in [2.45, 2.75) is 13.8 Å². The number of amides is 1. The largest absolute Gasteiger partial charge is 0.494 e. The normalized spacial score (nSPS) is 10.0. The molecule has 0 aliphatic heterocycles. The zero-order valence-electron chi connectivity index (χ0n) is 12.3. The molecule has 0 unspecified atom stereocenters. The number of anilines is 2. The van der Waals surface area contributed by atoms with Crippen molar-refractivity contribution >= 4 is 17.3 Å². The van der Waals surface area contributed by atoms with Gasteiger partial charge in [0.1, 0.15) is 5.75 Å². The number of hydrogen-bond acceptors (Lipinski definition) is 3. The minimum atomic E-state index is -0.0827. The molecule has 21 heavy (non-hydrogen) atoms. The lowest BCUT2D eigenvalue weighted by Gasteiger charge is -2.09. The first-order valence-corrected chi connectivity index (χ1v) is 7.00. The molecule has 0 fully saturated rings. The maximum atomic E-state index is 11.9. The molecule has 4 nitrogen and oxygen atoms in total. The molecule has 0 saturated heterocycles. The van der Waals surface area contributed by atoms with Gasteiger partial charge in [-0.3, -0.25) is 4.79 Å². The highest BCUT2D eigenvalue weighted by Gasteiger charge is 2.02. The summed E-state index contributed by atoms with van der Waals surface area (Å²) in [7, 11) is 0. The molecule has 2 aromatic rings. The van der Waals surface area contributed by atoms with Crippen molar-refractivity contribution in [3.63, 3.8) is 0 Å². The molecule has 2 N–H and O–H groups in total. The summed E-state index contributed by atoms with van der Waals surface area (Å²) < 4.78 is 5.36. The summed E-state index contributed by atoms with van der Waals surface area (Å²) in [6.45, 7) is 4.82. The van der Waals surface area contributed by atoms with Crippen LogP contribution in [-0.2, 0) is 4.79 Å². The van der Waals surface area contributed by atoms with Crippen LogP contribution in [0.1, 0.15) is 12.5 Å². The van der Waals surface area contributed by atoms with E-state index < -0.39 is 0 Å². The molecule has 0 aliphatic rings. The number of benzene rings is 2. The molecule has 2 aromatic carbocycles. The summed E-state index contributed by atoms with van der Waals surface area (Å²) in [6.07, 6.45) is 0. The minimum absolute atomic E-state index is 0.0827. The summed E-state index contributed by atoms with van der Waals surface area (Å²) in [5.74, 6) is 0.717. The summed E-state index contributed by atoms with van der Waals surface area (Å²) in [4.78, 5) is 11.9. The maximum Gasteiger partial charge on any atom is 0.243 e. The Balaban J connectivity index is 1.84. The van der Waals surface area contributed by atoms with Crippen molar-refractivity contribution < 1.29 is 9.53 Å². The third kappa shape index (κ3) is 4.84. The number of aryl methyl sites for hydroxylation is 1. The molecule has 110 valence electrons. The molecule has 1 amide bonds.